The van der Waals surface area contributed by atoms with E-state index in [1.807, 2.05) is 0 Å². The first-order valence-corrected chi connectivity index (χ1v) is 11.7. The Kier molecular flexibility index (Phi) is 7.21. The number of piperidine rings is 1. The fourth-order valence-electron chi connectivity index (χ4n) is 3.82. The van der Waals surface area contributed by atoms with Gasteiger partial charge in [0.1, 0.15) is 0 Å². The topological polar surface area (TPSA) is 83.3 Å². The van der Waals surface area contributed by atoms with Gasteiger partial charge in [0.2, 0.25) is 10.0 Å². The Morgan fingerprint density at radius 3 is 2.48 bits per heavy atom. The second-order valence-electron chi connectivity index (χ2n) is 8.00. The van der Waals surface area contributed by atoms with E-state index in [4.69, 9.17) is 0 Å². The van der Waals surface area contributed by atoms with Crippen molar-refractivity contribution < 1.29 is 18.1 Å². The summed E-state index contributed by atoms with van der Waals surface area (Å²) in [5, 5.41) is 4.05. The van der Waals surface area contributed by atoms with Gasteiger partial charge in [-0.15, -0.1) is 0 Å². The van der Waals surface area contributed by atoms with E-state index in [9.17, 15) is 13.2 Å². The highest BCUT2D eigenvalue weighted by Gasteiger charge is 2.31. The SMILES string of the molecule is CN(C1CC[NH+](C)CC1)S(=O)(=O)c1ccc(C(=O)N/N=C\[C@H]2CC=CCC2)cc1. The first-order chi connectivity index (χ1) is 13.9. The summed E-state index contributed by atoms with van der Waals surface area (Å²) in [6.45, 7) is 1.95. The molecule has 1 aliphatic heterocycles. The number of allylic oxidation sites excluding steroid dienone is 2. The summed E-state index contributed by atoms with van der Waals surface area (Å²) in [7, 11) is 0.205. The van der Waals surface area contributed by atoms with E-state index in [-0.39, 0.29) is 16.8 Å². The van der Waals surface area contributed by atoms with E-state index in [1.54, 1.807) is 13.3 Å². The molecule has 158 valence electrons. The average Bonchev–Trinajstić information content (AvgIpc) is 2.74. The minimum absolute atomic E-state index is 0.0237. The van der Waals surface area contributed by atoms with Crippen molar-refractivity contribution in [1.82, 2.24) is 9.73 Å². The number of carbonyl (C=O) groups is 1. The van der Waals surface area contributed by atoms with Gasteiger partial charge in [0, 0.05) is 37.7 Å². The highest BCUT2D eigenvalue weighted by molar-refractivity contribution is 7.89. The van der Waals surface area contributed by atoms with Crippen LogP contribution >= 0.6 is 0 Å². The molecule has 29 heavy (non-hydrogen) atoms. The largest absolute Gasteiger partial charge is 0.337 e. The summed E-state index contributed by atoms with van der Waals surface area (Å²) in [6.07, 6.45) is 10.8. The van der Waals surface area contributed by atoms with Crippen LogP contribution in [-0.2, 0) is 10.0 Å². The Hall–Kier alpha value is -2.03. The summed E-state index contributed by atoms with van der Waals surface area (Å²) in [6, 6.07) is 6.09. The maximum absolute atomic E-state index is 12.9. The fourth-order valence-corrected chi connectivity index (χ4v) is 5.23. The lowest BCUT2D eigenvalue weighted by molar-refractivity contribution is -0.885. The molecular weight excluding hydrogens is 388 g/mol. The molecular formula is C21H31N4O3S+. The molecule has 1 aromatic carbocycles. The molecule has 2 aliphatic rings. The Balaban J connectivity index is 1.60. The number of benzene rings is 1. The van der Waals surface area contributed by atoms with Gasteiger partial charge in [-0.1, -0.05) is 12.2 Å². The molecule has 1 aliphatic carbocycles. The normalized spacial score (nSPS) is 25.4. The van der Waals surface area contributed by atoms with E-state index in [2.05, 4.69) is 29.7 Å². The molecule has 7 nitrogen and oxygen atoms in total. The van der Waals surface area contributed by atoms with Crippen molar-refractivity contribution in [3.05, 3.63) is 42.0 Å². The molecule has 0 radical (unpaired) electrons. The standard InChI is InChI=1S/C21H30N4O3S/c1-24-14-12-19(13-15-24)25(2)29(27,28)20-10-8-18(9-11-20)21(26)23-22-16-17-6-4-3-5-7-17/h3-4,8-11,16-17,19H,5-7,12-15H2,1-2H3,(H,23,26)/p+1/b22-16-/t17-/m0/s1. The van der Waals surface area contributed by atoms with Gasteiger partial charge in [-0.05, 0) is 49.4 Å². The van der Waals surface area contributed by atoms with Crippen molar-refractivity contribution in [3.8, 4) is 0 Å². The first kappa shape index (κ1) is 21.7. The Bertz CT molecular complexity index is 856. The third-order valence-electron chi connectivity index (χ3n) is 5.88. The van der Waals surface area contributed by atoms with Gasteiger partial charge in [-0.3, -0.25) is 4.79 Å². The molecule has 8 heteroatoms. The van der Waals surface area contributed by atoms with Crippen LogP contribution < -0.4 is 10.3 Å². The average molecular weight is 420 g/mol. The summed E-state index contributed by atoms with van der Waals surface area (Å²) in [5.41, 5.74) is 2.91. The molecule has 1 saturated heterocycles. The predicted molar refractivity (Wildman–Crippen MR) is 113 cm³/mol. The number of hydrogen-bond acceptors (Lipinski definition) is 4. The Labute approximate surface area is 173 Å². The molecule has 0 bridgehead atoms. The third-order valence-corrected chi connectivity index (χ3v) is 7.80. The number of quaternary nitrogens is 1. The number of carbonyl (C=O) groups excluding carboxylic acids is 1. The lowest BCUT2D eigenvalue weighted by Crippen LogP contribution is -3.10. The highest BCUT2D eigenvalue weighted by Crippen LogP contribution is 2.20. The second kappa shape index (κ2) is 9.65. The summed E-state index contributed by atoms with van der Waals surface area (Å²) >= 11 is 0. The zero-order chi connectivity index (χ0) is 20.9. The van der Waals surface area contributed by atoms with Gasteiger partial charge in [0.05, 0.1) is 25.0 Å². The van der Waals surface area contributed by atoms with Gasteiger partial charge < -0.3 is 4.90 Å². The number of sulfonamides is 1. The van der Waals surface area contributed by atoms with Gasteiger partial charge in [0.25, 0.3) is 5.91 Å². The van der Waals surface area contributed by atoms with Crippen LogP contribution in [0.25, 0.3) is 0 Å². The first-order valence-electron chi connectivity index (χ1n) is 10.3. The van der Waals surface area contributed by atoms with Crippen LogP contribution in [0.3, 0.4) is 0 Å². The molecule has 0 saturated carbocycles. The molecule has 0 spiro atoms. The molecule has 0 unspecified atom stereocenters. The number of hydrazone groups is 1. The molecule has 1 atom stereocenters. The lowest BCUT2D eigenvalue weighted by atomic mass is 9.96. The molecule has 1 aromatic rings. The van der Waals surface area contributed by atoms with Crippen LogP contribution in [0.15, 0.2) is 46.4 Å². The van der Waals surface area contributed by atoms with E-state index in [0.717, 1.165) is 45.2 Å². The molecule has 2 N–H and O–H groups in total. The number of nitrogens with zero attached hydrogens (tertiary/aromatic N) is 2. The van der Waals surface area contributed by atoms with E-state index in [0.29, 0.717) is 11.5 Å². The van der Waals surface area contributed by atoms with E-state index < -0.39 is 10.0 Å². The number of hydrogen-bond donors (Lipinski definition) is 2. The van der Waals surface area contributed by atoms with Crippen molar-refractivity contribution in [2.24, 2.45) is 11.0 Å². The van der Waals surface area contributed by atoms with Crippen LogP contribution in [-0.4, -0.2) is 58.1 Å². The minimum Gasteiger partial charge on any atom is -0.337 e. The van der Waals surface area contributed by atoms with Crippen LogP contribution in [0.1, 0.15) is 42.5 Å². The van der Waals surface area contributed by atoms with Crippen molar-refractivity contribution >= 4 is 22.1 Å². The molecule has 1 fully saturated rings. The summed E-state index contributed by atoms with van der Waals surface area (Å²) in [4.78, 5) is 13.9. The number of likely N-dealkylation sites (tertiary alicyclic amines) is 1. The maximum atomic E-state index is 12.9. The predicted octanol–water partition coefficient (Wildman–Crippen LogP) is 1.06. The highest BCUT2D eigenvalue weighted by atomic mass is 32.2. The van der Waals surface area contributed by atoms with Gasteiger partial charge in [-0.25, -0.2) is 13.8 Å². The molecule has 3 rings (SSSR count). The molecule has 0 aromatic heterocycles. The monoisotopic (exact) mass is 419 g/mol. The zero-order valence-corrected chi connectivity index (χ0v) is 18.0. The summed E-state index contributed by atoms with van der Waals surface area (Å²) < 4.78 is 27.3. The number of amides is 1. The Morgan fingerprint density at radius 1 is 1.17 bits per heavy atom. The van der Waals surface area contributed by atoms with Crippen LogP contribution in [0, 0.1) is 5.92 Å². The third kappa shape index (κ3) is 5.52. The van der Waals surface area contributed by atoms with E-state index >= 15 is 0 Å². The smallest absolute Gasteiger partial charge is 0.271 e. The van der Waals surface area contributed by atoms with Gasteiger partial charge in [-0.2, -0.15) is 9.41 Å². The summed E-state index contributed by atoms with van der Waals surface area (Å²) in [5.74, 6) is 0.00716. The van der Waals surface area contributed by atoms with Crippen molar-refractivity contribution in [2.75, 3.05) is 27.2 Å². The van der Waals surface area contributed by atoms with Crippen LogP contribution in [0.4, 0.5) is 0 Å². The second-order valence-corrected chi connectivity index (χ2v) is 10.00. The van der Waals surface area contributed by atoms with Gasteiger partial charge in [0.15, 0.2) is 0 Å². The van der Waals surface area contributed by atoms with Crippen LogP contribution in [0.5, 0.6) is 0 Å². The fraction of sp³-hybridized carbons (Fsp3) is 0.524. The zero-order valence-electron chi connectivity index (χ0n) is 17.2. The van der Waals surface area contributed by atoms with Gasteiger partial charge >= 0.3 is 0 Å². The van der Waals surface area contributed by atoms with Crippen molar-refractivity contribution in [1.29, 1.82) is 0 Å². The quantitative estimate of drug-likeness (QED) is 0.411. The number of nitrogens with one attached hydrogen (secondary N) is 2. The Morgan fingerprint density at radius 2 is 1.86 bits per heavy atom. The number of rotatable bonds is 6. The van der Waals surface area contributed by atoms with Crippen LogP contribution in [0.2, 0.25) is 0 Å². The molecule has 1 amide bonds. The van der Waals surface area contributed by atoms with Crippen molar-refractivity contribution in [3.63, 3.8) is 0 Å². The lowest BCUT2D eigenvalue weighted by Gasteiger charge is -2.32. The molecule has 1 heterocycles. The van der Waals surface area contributed by atoms with E-state index in [1.165, 1.54) is 33.5 Å². The minimum atomic E-state index is -3.57. The maximum Gasteiger partial charge on any atom is 0.271 e. The van der Waals surface area contributed by atoms with Crippen molar-refractivity contribution in [2.45, 2.75) is 43.0 Å².